The van der Waals surface area contributed by atoms with Gasteiger partial charge in [0.2, 0.25) is 5.91 Å². The molecule has 0 saturated carbocycles. The van der Waals surface area contributed by atoms with Crippen LogP contribution in [0.1, 0.15) is 19.8 Å². The van der Waals surface area contributed by atoms with Gasteiger partial charge in [-0.05, 0) is 19.8 Å². The van der Waals surface area contributed by atoms with Gasteiger partial charge < -0.3 is 10.5 Å². The molecule has 2 unspecified atom stereocenters. The molecule has 0 aromatic heterocycles. The van der Waals surface area contributed by atoms with Crippen LogP contribution in [0.5, 0.6) is 0 Å². The summed E-state index contributed by atoms with van der Waals surface area (Å²) in [5.74, 6) is -0.320. The van der Waals surface area contributed by atoms with Crippen LogP contribution < -0.4 is 5.73 Å². The number of likely N-dealkylation sites (tertiary alicyclic amines) is 1. The van der Waals surface area contributed by atoms with Crippen molar-refractivity contribution in [1.82, 2.24) is 4.90 Å². The Morgan fingerprint density at radius 1 is 1.62 bits per heavy atom. The number of rotatable bonds is 3. The Kier molecular flexibility index (Phi) is 3.42. The van der Waals surface area contributed by atoms with Crippen molar-refractivity contribution in [2.45, 2.75) is 25.8 Å². The molecule has 1 amide bonds. The van der Waals surface area contributed by atoms with Crippen LogP contribution in [0.25, 0.3) is 0 Å². The molecule has 0 aliphatic carbocycles. The van der Waals surface area contributed by atoms with Crippen LogP contribution in [0.2, 0.25) is 0 Å². The number of aldehydes is 1. The fourth-order valence-electron chi connectivity index (χ4n) is 1.76. The predicted octanol–water partition coefficient (Wildman–Crippen LogP) is -0.229. The van der Waals surface area contributed by atoms with E-state index in [9.17, 15) is 9.59 Å². The molecule has 1 heterocycles. The zero-order valence-electron chi connectivity index (χ0n) is 7.90. The minimum atomic E-state index is -0.247. The lowest BCUT2D eigenvalue weighted by atomic mass is 9.93. The van der Waals surface area contributed by atoms with Crippen LogP contribution in [0.3, 0.4) is 0 Å². The van der Waals surface area contributed by atoms with Gasteiger partial charge in [-0.3, -0.25) is 9.69 Å². The van der Waals surface area contributed by atoms with Gasteiger partial charge in [-0.1, -0.05) is 0 Å². The summed E-state index contributed by atoms with van der Waals surface area (Å²) < 4.78 is 0. The summed E-state index contributed by atoms with van der Waals surface area (Å²) in [6, 6.07) is 0.390. The summed E-state index contributed by atoms with van der Waals surface area (Å²) in [6.45, 7) is 3.11. The van der Waals surface area contributed by atoms with Crippen LogP contribution in [-0.4, -0.2) is 36.2 Å². The molecule has 0 bridgehead atoms. The highest BCUT2D eigenvalue weighted by molar-refractivity contribution is 5.77. The van der Waals surface area contributed by atoms with Crippen molar-refractivity contribution in [2.24, 2.45) is 11.7 Å². The number of nitrogens with two attached hydrogens (primary N) is 1. The first kappa shape index (κ1) is 10.2. The Labute approximate surface area is 78.1 Å². The van der Waals surface area contributed by atoms with Gasteiger partial charge in [0.15, 0.2) is 0 Å². The first-order valence-electron chi connectivity index (χ1n) is 4.62. The van der Waals surface area contributed by atoms with Gasteiger partial charge in [0.25, 0.3) is 0 Å². The van der Waals surface area contributed by atoms with E-state index in [-0.39, 0.29) is 11.8 Å². The molecule has 1 rings (SSSR count). The average molecular weight is 184 g/mol. The second-order valence-electron chi connectivity index (χ2n) is 3.65. The van der Waals surface area contributed by atoms with Crippen molar-refractivity contribution >= 4 is 12.2 Å². The third kappa shape index (κ3) is 2.52. The SMILES string of the molecule is CC1CCC(C(N)=O)CN1CC=O. The molecule has 0 radical (unpaired) electrons. The molecule has 1 aliphatic rings. The summed E-state index contributed by atoms with van der Waals surface area (Å²) in [6.07, 6.45) is 2.67. The fourth-order valence-corrected chi connectivity index (χ4v) is 1.76. The number of hydrogen-bond acceptors (Lipinski definition) is 3. The molecule has 1 saturated heterocycles. The fraction of sp³-hybridized carbons (Fsp3) is 0.778. The van der Waals surface area contributed by atoms with Crippen LogP contribution in [0.15, 0.2) is 0 Å². The molecule has 0 aromatic rings. The molecular formula is C9H16N2O2. The first-order valence-corrected chi connectivity index (χ1v) is 4.62. The Morgan fingerprint density at radius 3 is 2.85 bits per heavy atom. The summed E-state index contributed by atoms with van der Waals surface area (Å²) in [4.78, 5) is 23.3. The zero-order valence-corrected chi connectivity index (χ0v) is 7.90. The Bertz CT molecular complexity index is 206. The summed E-state index contributed by atoms with van der Waals surface area (Å²) in [5.41, 5.74) is 5.22. The molecule has 2 atom stereocenters. The van der Waals surface area contributed by atoms with Crippen molar-refractivity contribution < 1.29 is 9.59 Å². The lowest BCUT2D eigenvalue weighted by molar-refractivity contribution is -0.124. The minimum Gasteiger partial charge on any atom is -0.369 e. The van der Waals surface area contributed by atoms with Crippen molar-refractivity contribution in [1.29, 1.82) is 0 Å². The molecule has 2 N–H and O–H groups in total. The predicted molar refractivity (Wildman–Crippen MR) is 49.0 cm³/mol. The monoisotopic (exact) mass is 184 g/mol. The van der Waals surface area contributed by atoms with Crippen LogP contribution in [0, 0.1) is 5.92 Å². The zero-order chi connectivity index (χ0) is 9.84. The van der Waals surface area contributed by atoms with Crippen LogP contribution >= 0.6 is 0 Å². The molecule has 0 spiro atoms. The topological polar surface area (TPSA) is 63.4 Å². The van der Waals surface area contributed by atoms with Gasteiger partial charge in [0.05, 0.1) is 12.5 Å². The van der Waals surface area contributed by atoms with Crippen molar-refractivity contribution in [2.75, 3.05) is 13.1 Å². The maximum absolute atomic E-state index is 10.9. The smallest absolute Gasteiger partial charge is 0.221 e. The van der Waals surface area contributed by atoms with E-state index < -0.39 is 0 Å². The van der Waals surface area contributed by atoms with Gasteiger partial charge in [-0.2, -0.15) is 0 Å². The van der Waals surface area contributed by atoms with Crippen LogP contribution in [0.4, 0.5) is 0 Å². The summed E-state index contributed by atoms with van der Waals surface area (Å²) in [5, 5.41) is 0. The number of piperidine rings is 1. The summed E-state index contributed by atoms with van der Waals surface area (Å²) in [7, 11) is 0. The highest BCUT2D eigenvalue weighted by Crippen LogP contribution is 2.20. The first-order chi connectivity index (χ1) is 6.15. The van der Waals surface area contributed by atoms with Crippen molar-refractivity contribution in [3.05, 3.63) is 0 Å². The number of hydrogen-bond donors (Lipinski definition) is 1. The second kappa shape index (κ2) is 4.37. The molecule has 13 heavy (non-hydrogen) atoms. The van der Waals surface area contributed by atoms with Crippen molar-refractivity contribution in [3.8, 4) is 0 Å². The van der Waals surface area contributed by atoms with E-state index in [2.05, 4.69) is 6.92 Å². The van der Waals surface area contributed by atoms with E-state index in [1.165, 1.54) is 0 Å². The summed E-state index contributed by atoms with van der Waals surface area (Å²) >= 11 is 0. The van der Waals surface area contributed by atoms with E-state index in [1.807, 2.05) is 4.90 Å². The minimum absolute atomic E-state index is 0.0730. The van der Waals surface area contributed by atoms with Gasteiger partial charge in [-0.15, -0.1) is 0 Å². The normalized spacial score (nSPS) is 29.9. The maximum atomic E-state index is 10.9. The molecule has 0 aromatic carbocycles. The van der Waals surface area contributed by atoms with E-state index >= 15 is 0 Å². The molecular weight excluding hydrogens is 168 g/mol. The Morgan fingerprint density at radius 2 is 2.31 bits per heavy atom. The standard InChI is InChI=1S/C9H16N2O2/c1-7-2-3-8(9(10)13)6-11(7)4-5-12/h5,7-8H,2-4,6H2,1H3,(H2,10,13). The lowest BCUT2D eigenvalue weighted by Gasteiger charge is -2.35. The maximum Gasteiger partial charge on any atom is 0.221 e. The van der Waals surface area contributed by atoms with Gasteiger partial charge in [-0.25, -0.2) is 0 Å². The van der Waals surface area contributed by atoms with E-state index in [4.69, 9.17) is 5.73 Å². The number of amides is 1. The van der Waals surface area contributed by atoms with Crippen LogP contribution in [-0.2, 0) is 9.59 Å². The highest BCUT2D eigenvalue weighted by atomic mass is 16.1. The van der Waals surface area contributed by atoms with E-state index in [0.29, 0.717) is 19.1 Å². The number of carbonyl (C=O) groups excluding carboxylic acids is 2. The number of nitrogens with zero attached hydrogens (tertiary/aromatic N) is 1. The number of carbonyl (C=O) groups is 2. The van der Waals surface area contributed by atoms with Gasteiger partial charge >= 0.3 is 0 Å². The molecule has 1 fully saturated rings. The molecule has 4 heteroatoms. The lowest BCUT2D eigenvalue weighted by Crippen LogP contribution is -2.46. The van der Waals surface area contributed by atoms with E-state index in [0.717, 1.165) is 19.1 Å². The number of primary amides is 1. The van der Waals surface area contributed by atoms with Crippen molar-refractivity contribution in [3.63, 3.8) is 0 Å². The molecule has 74 valence electrons. The average Bonchev–Trinajstić information content (AvgIpc) is 2.08. The van der Waals surface area contributed by atoms with Gasteiger partial charge in [0, 0.05) is 12.6 Å². The van der Waals surface area contributed by atoms with E-state index in [1.54, 1.807) is 0 Å². The third-order valence-electron chi connectivity index (χ3n) is 2.72. The largest absolute Gasteiger partial charge is 0.369 e. The quantitative estimate of drug-likeness (QED) is 0.616. The Balaban J connectivity index is 2.52. The Hall–Kier alpha value is -0.900. The highest BCUT2D eigenvalue weighted by Gasteiger charge is 2.27. The van der Waals surface area contributed by atoms with Gasteiger partial charge in [0.1, 0.15) is 6.29 Å². The molecule has 1 aliphatic heterocycles. The second-order valence-corrected chi connectivity index (χ2v) is 3.65. The molecule has 4 nitrogen and oxygen atoms in total. The third-order valence-corrected chi connectivity index (χ3v) is 2.72.